The highest BCUT2D eigenvalue weighted by Gasteiger charge is 2.11. The molecule has 2 heterocycles. The fourth-order valence-electron chi connectivity index (χ4n) is 1.35. The molecule has 2 N–H and O–H groups in total. The number of H-pyrrole nitrogens is 1. The van der Waals surface area contributed by atoms with Crippen molar-refractivity contribution in [2.24, 2.45) is 0 Å². The first-order valence-electron chi connectivity index (χ1n) is 4.83. The van der Waals surface area contributed by atoms with Gasteiger partial charge in [-0.05, 0) is 35.0 Å². The molecule has 0 saturated carbocycles. The van der Waals surface area contributed by atoms with Gasteiger partial charge in [0.1, 0.15) is 4.47 Å². The first-order valence-corrected chi connectivity index (χ1v) is 6.81. The van der Waals surface area contributed by atoms with Gasteiger partial charge in [0, 0.05) is 4.88 Å². The van der Waals surface area contributed by atoms with Gasteiger partial charge in [0.2, 0.25) is 0 Å². The number of thiophene rings is 1. The number of nitrogens with zero attached hydrogens (tertiary/aromatic N) is 1. The van der Waals surface area contributed by atoms with Crippen LogP contribution in [0.5, 0.6) is 0 Å². The third-order valence-corrected chi connectivity index (χ3v) is 4.39. The number of anilines is 1. The van der Waals surface area contributed by atoms with E-state index in [2.05, 4.69) is 31.4 Å². The van der Waals surface area contributed by atoms with Crippen molar-refractivity contribution in [2.45, 2.75) is 13.0 Å². The molecule has 90 valence electrons. The van der Waals surface area contributed by atoms with Crippen molar-refractivity contribution in [3.63, 3.8) is 0 Å². The van der Waals surface area contributed by atoms with Crippen molar-refractivity contribution in [1.29, 1.82) is 0 Å². The molecule has 17 heavy (non-hydrogen) atoms. The number of aromatic amines is 1. The van der Waals surface area contributed by atoms with Gasteiger partial charge in [-0.1, -0.05) is 11.6 Å². The van der Waals surface area contributed by atoms with Gasteiger partial charge in [-0.2, -0.15) is 5.10 Å². The monoisotopic (exact) mass is 333 g/mol. The molecule has 2 aromatic heterocycles. The minimum atomic E-state index is -0.258. The minimum absolute atomic E-state index is 0.0624. The smallest absolute Gasteiger partial charge is 0.280 e. The van der Waals surface area contributed by atoms with Crippen LogP contribution >= 0.6 is 38.9 Å². The Balaban J connectivity index is 2.21. The molecule has 2 rings (SSSR count). The van der Waals surface area contributed by atoms with E-state index in [0.29, 0.717) is 10.2 Å². The van der Waals surface area contributed by atoms with Gasteiger partial charge in [-0.3, -0.25) is 4.79 Å². The molecule has 0 saturated heterocycles. The van der Waals surface area contributed by atoms with E-state index in [-0.39, 0.29) is 11.6 Å². The number of aromatic nitrogens is 2. The maximum Gasteiger partial charge on any atom is 0.280 e. The third-order valence-electron chi connectivity index (χ3n) is 2.19. The van der Waals surface area contributed by atoms with Gasteiger partial charge in [0.15, 0.2) is 0 Å². The van der Waals surface area contributed by atoms with E-state index in [9.17, 15) is 4.79 Å². The highest BCUT2D eigenvalue weighted by atomic mass is 79.9. The summed E-state index contributed by atoms with van der Waals surface area (Å²) in [5.41, 5.74) is 0.400. The summed E-state index contributed by atoms with van der Waals surface area (Å²) < 4.78 is 1.19. The molecule has 0 aromatic carbocycles. The Hall–Kier alpha value is -0.850. The Morgan fingerprint density at radius 3 is 3.00 bits per heavy atom. The number of nitrogens with one attached hydrogen (secondary N) is 2. The Labute approximate surface area is 115 Å². The van der Waals surface area contributed by atoms with Crippen LogP contribution in [0, 0.1) is 0 Å². The van der Waals surface area contributed by atoms with Crippen LogP contribution in [0.1, 0.15) is 17.8 Å². The Morgan fingerprint density at radius 2 is 2.35 bits per heavy atom. The van der Waals surface area contributed by atoms with E-state index >= 15 is 0 Å². The Morgan fingerprint density at radius 1 is 1.59 bits per heavy atom. The maximum atomic E-state index is 11.3. The fourth-order valence-corrected chi connectivity index (χ4v) is 2.72. The molecule has 7 heteroatoms. The van der Waals surface area contributed by atoms with Gasteiger partial charge in [0.25, 0.3) is 5.56 Å². The summed E-state index contributed by atoms with van der Waals surface area (Å²) in [4.78, 5) is 12.4. The molecule has 0 bridgehead atoms. The van der Waals surface area contributed by atoms with Gasteiger partial charge >= 0.3 is 0 Å². The number of hydrogen-bond acceptors (Lipinski definition) is 4. The fraction of sp³-hybridized carbons (Fsp3) is 0.200. The molecule has 0 aliphatic rings. The largest absolute Gasteiger partial charge is 0.375 e. The van der Waals surface area contributed by atoms with Crippen LogP contribution in [-0.2, 0) is 0 Å². The molecular formula is C10H9BrClN3OS. The molecule has 1 atom stereocenters. The van der Waals surface area contributed by atoms with Crippen LogP contribution in [0.3, 0.4) is 0 Å². The van der Waals surface area contributed by atoms with Gasteiger partial charge in [0.05, 0.1) is 22.3 Å². The average molecular weight is 335 g/mol. The second-order valence-electron chi connectivity index (χ2n) is 3.43. The molecule has 4 nitrogen and oxygen atoms in total. The van der Waals surface area contributed by atoms with Gasteiger partial charge in [-0.15, -0.1) is 11.3 Å². The van der Waals surface area contributed by atoms with Crippen molar-refractivity contribution in [3.8, 4) is 0 Å². The number of hydrogen-bond donors (Lipinski definition) is 2. The quantitative estimate of drug-likeness (QED) is 0.904. The zero-order valence-electron chi connectivity index (χ0n) is 8.83. The Kier molecular flexibility index (Phi) is 3.86. The summed E-state index contributed by atoms with van der Waals surface area (Å²) in [5, 5.41) is 9.29. The lowest BCUT2D eigenvalue weighted by Gasteiger charge is -2.13. The minimum Gasteiger partial charge on any atom is -0.375 e. The molecule has 0 amide bonds. The number of halogens is 2. The molecule has 0 spiro atoms. The maximum absolute atomic E-state index is 11.3. The summed E-state index contributed by atoms with van der Waals surface area (Å²) in [6.45, 7) is 2.00. The van der Waals surface area contributed by atoms with Crippen LogP contribution < -0.4 is 10.9 Å². The lowest BCUT2D eigenvalue weighted by molar-refractivity contribution is 0.890. The predicted molar refractivity (Wildman–Crippen MR) is 73.9 cm³/mol. The summed E-state index contributed by atoms with van der Waals surface area (Å²) >= 11 is 10.6. The van der Waals surface area contributed by atoms with E-state index in [4.69, 9.17) is 11.6 Å². The molecule has 0 aliphatic carbocycles. The number of rotatable bonds is 3. The van der Waals surface area contributed by atoms with E-state index in [1.807, 2.05) is 19.1 Å². The van der Waals surface area contributed by atoms with E-state index in [0.717, 1.165) is 9.21 Å². The summed E-state index contributed by atoms with van der Waals surface area (Å²) in [6.07, 6.45) is 1.57. The first kappa shape index (κ1) is 12.6. The predicted octanol–water partition coefficient (Wildman–Crippen LogP) is 3.42. The second-order valence-corrected chi connectivity index (χ2v) is 5.97. The highest BCUT2D eigenvalue weighted by molar-refractivity contribution is 9.10. The summed E-state index contributed by atoms with van der Waals surface area (Å²) in [6, 6.07) is 3.87. The van der Waals surface area contributed by atoms with Crippen LogP contribution in [-0.4, -0.2) is 10.2 Å². The van der Waals surface area contributed by atoms with Crippen molar-refractivity contribution in [3.05, 3.63) is 42.4 Å². The third kappa shape index (κ3) is 2.88. The summed E-state index contributed by atoms with van der Waals surface area (Å²) in [5.74, 6) is 0. The topological polar surface area (TPSA) is 57.8 Å². The zero-order chi connectivity index (χ0) is 12.4. The molecular weight excluding hydrogens is 326 g/mol. The van der Waals surface area contributed by atoms with E-state index in [1.165, 1.54) is 11.3 Å². The SMILES string of the molecule is CC(Nc1cn[nH]c(=O)c1Br)c1ccc(Cl)s1. The molecule has 0 fully saturated rings. The van der Waals surface area contributed by atoms with Crippen molar-refractivity contribution in [2.75, 3.05) is 5.32 Å². The van der Waals surface area contributed by atoms with Crippen molar-refractivity contribution in [1.82, 2.24) is 10.2 Å². The zero-order valence-corrected chi connectivity index (χ0v) is 12.0. The Bertz CT molecular complexity index is 583. The van der Waals surface area contributed by atoms with Crippen LogP contribution in [0.4, 0.5) is 5.69 Å². The standard InChI is InChI=1S/C10H9BrClN3OS/c1-5(7-2-3-8(12)17-7)14-6-4-13-15-10(16)9(6)11/h2-5H,1H3,(H2,14,15,16). The summed E-state index contributed by atoms with van der Waals surface area (Å²) in [7, 11) is 0. The molecule has 1 unspecified atom stereocenters. The lowest BCUT2D eigenvalue weighted by atomic mass is 10.2. The normalized spacial score (nSPS) is 12.4. The van der Waals surface area contributed by atoms with E-state index in [1.54, 1.807) is 6.20 Å². The first-order chi connectivity index (χ1) is 8.08. The molecule has 0 radical (unpaired) electrons. The lowest BCUT2D eigenvalue weighted by Crippen LogP contribution is -2.13. The molecule has 0 aliphatic heterocycles. The highest BCUT2D eigenvalue weighted by Crippen LogP contribution is 2.29. The van der Waals surface area contributed by atoms with E-state index < -0.39 is 0 Å². The van der Waals surface area contributed by atoms with Gasteiger partial charge in [-0.25, -0.2) is 5.10 Å². The van der Waals surface area contributed by atoms with Crippen molar-refractivity contribution >= 4 is 44.6 Å². The van der Waals surface area contributed by atoms with Crippen LogP contribution in [0.2, 0.25) is 4.34 Å². The van der Waals surface area contributed by atoms with Gasteiger partial charge < -0.3 is 5.32 Å². The van der Waals surface area contributed by atoms with Crippen LogP contribution in [0.15, 0.2) is 27.6 Å². The van der Waals surface area contributed by atoms with Crippen LogP contribution in [0.25, 0.3) is 0 Å². The second kappa shape index (κ2) is 5.20. The average Bonchev–Trinajstić information content (AvgIpc) is 2.72. The molecule has 2 aromatic rings. The van der Waals surface area contributed by atoms with Crippen molar-refractivity contribution < 1.29 is 0 Å².